The van der Waals surface area contributed by atoms with Crippen molar-refractivity contribution in [3.05, 3.63) is 53.7 Å². The summed E-state index contributed by atoms with van der Waals surface area (Å²) in [4.78, 5) is 4.72. The molecule has 1 aromatic carbocycles. The molecule has 1 fully saturated rings. The summed E-state index contributed by atoms with van der Waals surface area (Å²) in [6, 6.07) is 13.3. The zero-order valence-corrected chi connectivity index (χ0v) is 16.7. The van der Waals surface area contributed by atoms with Crippen LogP contribution in [-0.2, 0) is 12.8 Å². The van der Waals surface area contributed by atoms with Crippen molar-refractivity contribution < 1.29 is 0 Å². The Kier molecular flexibility index (Phi) is 7.29. The molecular formula is C25H35N. The molecule has 0 N–H and O–H groups in total. The molecule has 1 heteroatoms. The molecule has 2 unspecified atom stereocenters. The number of aryl methyl sites for hydroxylation is 2. The zero-order chi connectivity index (χ0) is 18.2. The van der Waals surface area contributed by atoms with Crippen molar-refractivity contribution in [2.24, 2.45) is 11.8 Å². The van der Waals surface area contributed by atoms with Gasteiger partial charge in [0.05, 0.1) is 5.69 Å². The van der Waals surface area contributed by atoms with E-state index in [1.54, 1.807) is 0 Å². The first-order chi connectivity index (χ1) is 12.8. The molecule has 0 spiro atoms. The number of pyridine rings is 1. The third kappa shape index (κ3) is 5.43. The molecule has 1 aliphatic carbocycles. The molecular weight excluding hydrogens is 314 g/mol. The number of hydrogen-bond donors (Lipinski definition) is 0. The van der Waals surface area contributed by atoms with Gasteiger partial charge in [-0.2, -0.15) is 0 Å². The fourth-order valence-electron chi connectivity index (χ4n) is 4.44. The van der Waals surface area contributed by atoms with Crippen molar-refractivity contribution in [1.29, 1.82) is 0 Å². The highest BCUT2D eigenvalue weighted by atomic mass is 14.7. The fraction of sp³-hybridized carbons (Fsp3) is 0.560. The molecule has 1 saturated carbocycles. The molecule has 1 aromatic heterocycles. The molecule has 2 atom stereocenters. The van der Waals surface area contributed by atoms with Gasteiger partial charge in [-0.15, -0.1) is 0 Å². The summed E-state index contributed by atoms with van der Waals surface area (Å²) < 4.78 is 0. The Morgan fingerprint density at radius 1 is 0.885 bits per heavy atom. The van der Waals surface area contributed by atoms with E-state index in [2.05, 4.69) is 56.4 Å². The summed E-state index contributed by atoms with van der Waals surface area (Å²) >= 11 is 0. The van der Waals surface area contributed by atoms with Crippen LogP contribution in [0.25, 0.3) is 11.3 Å². The van der Waals surface area contributed by atoms with Crippen LogP contribution in [0.4, 0.5) is 0 Å². The van der Waals surface area contributed by atoms with Crippen molar-refractivity contribution in [3.8, 4) is 11.3 Å². The normalized spacial score (nSPS) is 20.2. The van der Waals surface area contributed by atoms with E-state index in [0.717, 1.165) is 24.0 Å². The Hall–Kier alpha value is -1.63. The number of benzene rings is 1. The largest absolute Gasteiger partial charge is 0.256 e. The molecule has 0 amide bonds. The van der Waals surface area contributed by atoms with Gasteiger partial charge in [-0.05, 0) is 54.7 Å². The monoisotopic (exact) mass is 349 g/mol. The highest BCUT2D eigenvalue weighted by Gasteiger charge is 2.21. The molecule has 1 nitrogen and oxygen atoms in total. The van der Waals surface area contributed by atoms with Crippen LogP contribution in [0.15, 0.2) is 42.6 Å². The van der Waals surface area contributed by atoms with Gasteiger partial charge >= 0.3 is 0 Å². The molecule has 1 heterocycles. The average Bonchev–Trinajstić information content (AvgIpc) is 2.71. The molecule has 0 radical (unpaired) electrons. The molecule has 1 aliphatic rings. The Morgan fingerprint density at radius 3 is 2.27 bits per heavy atom. The topological polar surface area (TPSA) is 12.9 Å². The first kappa shape index (κ1) is 19.1. The first-order valence-electron chi connectivity index (χ1n) is 10.8. The van der Waals surface area contributed by atoms with Crippen LogP contribution < -0.4 is 0 Å². The van der Waals surface area contributed by atoms with Gasteiger partial charge in [0.15, 0.2) is 0 Å². The smallest absolute Gasteiger partial charge is 0.0702 e. The maximum absolute atomic E-state index is 4.72. The van der Waals surface area contributed by atoms with Crippen molar-refractivity contribution in [2.45, 2.75) is 78.1 Å². The highest BCUT2D eigenvalue weighted by molar-refractivity contribution is 5.59. The zero-order valence-electron chi connectivity index (χ0n) is 16.7. The van der Waals surface area contributed by atoms with Gasteiger partial charge in [0, 0.05) is 11.8 Å². The van der Waals surface area contributed by atoms with Crippen molar-refractivity contribution >= 4 is 0 Å². The lowest BCUT2D eigenvalue weighted by molar-refractivity contribution is 0.240. The van der Waals surface area contributed by atoms with Crippen LogP contribution in [0.1, 0.15) is 76.3 Å². The Bertz CT molecular complexity index is 641. The van der Waals surface area contributed by atoms with Crippen molar-refractivity contribution in [3.63, 3.8) is 0 Å². The van der Waals surface area contributed by atoms with E-state index >= 15 is 0 Å². The lowest BCUT2D eigenvalue weighted by atomic mass is 9.77. The molecule has 0 aliphatic heterocycles. The minimum Gasteiger partial charge on any atom is -0.256 e. The van der Waals surface area contributed by atoms with E-state index in [4.69, 9.17) is 4.98 Å². The summed E-state index contributed by atoms with van der Waals surface area (Å²) in [6.45, 7) is 4.51. The van der Waals surface area contributed by atoms with E-state index in [0.29, 0.717) is 0 Å². The summed E-state index contributed by atoms with van der Waals surface area (Å²) in [6.07, 6.45) is 15.8. The summed E-state index contributed by atoms with van der Waals surface area (Å²) in [5, 5.41) is 0. The molecule has 0 bridgehead atoms. The second kappa shape index (κ2) is 9.90. The predicted molar refractivity (Wildman–Crippen MR) is 112 cm³/mol. The number of unbranched alkanes of at least 4 members (excludes halogenated alkanes) is 1. The van der Waals surface area contributed by atoms with Crippen molar-refractivity contribution in [1.82, 2.24) is 4.98 Å². The second-order valence-electron chi connectivity index (χ2n) is 8.18. The second-order valence-corrected chi connectivity index (χ2v) is 8.18. The number of nitrogens with zero attached hydrogens (tertiary/aromatic N) is 1. The van der Waals surface area contributed by atoms with Gasteiger partial charge in [0.25, 0.3) is 0 Å². The number of aromatic nitrogens is 1. The number of hydrogen-bond acceptors (Lipinski definition) is 1. The fourth-order valence-corrected chi connectivity index (χ4v) is 4.44. The molecule has 26 heavy (non-hydrogen) atoms. The Labute approximate surface area is 160 Å². The standard InChI is InChI=1S/C25H35N/c1-3-5-7-21-8-6-9-22(18-21)10-11-23-14-17-25(26-19-23)24-15-12-20(4-2)13-16-24/h12-17,19,21-22H,3-11,18H2,1-2H3. The third-order valence-corrected chi connectivity index (χ3v) is 6.18. The summed E-state index contributed by atoms with van der Waals surface area (Å²) in [7, 11) is 0. The lowest BCUT2D eigenvalue weighted by Crippen LogP contribution is -2.16. The minimum absolute atomic E-state index is 0.937. The van der Waals surface area contributed by atoms with Crippen LogP contribution in [0, 0.1) is 11.8 Å². The van der Waals surface area contributed by atoms with Gasteiger partial charge in [-0.25, -0.2) is 0 Å². The molecule has 3 rings (SSSR count). The Balaban J connectivity index is 1.51. The summed E-state index contributed by atoms with van der Waals surface area (Å²) in [5.74, 6) is 1.94. The van der Waals surface area contributed by atoms with E-state index < -0.39 is 0 Å². The van der Waals surface area contributed by atoms with Crippen LogP contribution >= 0.6 is 0 Å². The van der Waals surface area contributed by atoms with Gasteiger partial charge in [0.1, 0.15) is 0 Å². The van der Waals surface area contributed by atoms with Gasteiger partial charge < -0.3 is 0 Å². The maximum atomic E-state index is 4.72. The first-order valence-corrected chi connectivity index (χ1v) is 10.8. The molecule has 2 aromatic rings. The molecule has 0 saturated heterocycles. The van der Waals surface area contributed by atoms with Crippen LogP contribution in [-0.4, -0.2) is 4.98 Å². The molecule has 140 valence electrons. The number of rotatable bonds is 8. The highest BCUT2D eigenvalue weighted by Crippen LogP contribution is 2.34. The Morgan fingerprint density at radius 2 is 1.62 bits per heavy atom. The van der Waals surface area contributed by atoms with Crippen LogP contribution in [0.3, 0.4) is 0 Å². The van der Waals surface area contributed by atoms with Crippen molar-refractivity contribution in [2.75, 3.05) is 0 Å². The van der Waals surface area contributed by atoms with E-state index in [1.165, 1.54) is 74.5 Å². The van der Waals surface area contributed by atoms with Gasteiger partial charge in [0.2, 0.25) is 0 Å². The maximum Gasteiger partial charge on any atom is 0.0702 e. The van der Waals surface area contributed by atoms with E-state index in [9.17, 15) is 0 Å². The lowest BCUT2D eigenvalue weighted by Gasteiger charge is -2.29. The summed E-state index contributed by atoms with van der Waals surface area (Å²) in [5.41, 5.74) is 5.10. The minimum atomic E-state index is 0.937. The van der Waals surface area contributed by atoms with Gasteiger partial charge in [-0.1, -0.05) is 82.7 Å². The van der Waals surface area contributed by atoms with Crippen LogP contribution in [0.2, 0.25) is 0 Å². The predicted octanol–water partition coefficient (Wildman–Crippen LogP) is 7.24. The van der Waals surface area contributed by atoms with Gasteiger partial charge in [-0.3, -0.25) is 4.98 Å². The quantitative estimate of drug-likeness (QED) is 0.489. The van der Waals surface area contributed by atoms with E-state index in [-0.39, 0.29) is 0 Å². The third-order valence-electron chi connectivity index (χ3n) is 6.18. The SMILES string of the molecule is CCCCC1CCCC(CCc2ccc(-c3ccc(CC)cc3)nc2)C1. The van der Waals surface area contributed by atoms with E-state index in [1.807, 2.05) is 0 Å². The average molecular weight is 350 g/mol. The van der Waals surface area contributed by atoms with Crippen LogP contribution in [0.5, 0.6) is 0 Å².